The van der Waals surface area contributed by atoms with E-state index in [0.717, 1.165) is 0 Å². The van der Waals surface area contributed by atoms with Gasteiger partial charge in [0.15, 0.2) is 12.6 Å². The number of unbranched alkanes of at least 4 members (excludes halogenated alkanes) is 1. The Labute approximate surface area is 305 Å². The van der Waals surface area contributed by atoms with Crippen molar-refractivity contribution in [1.82, 2.24) is 15.5 Å². The Morgan fingerprint density at radius 1 is 0.692 bits per heavy atom. The van der Waals surface area contributed by atoms with Gasteiger partial charge in [0.1, 0.15) is 42.4 Å². The summed E-state index contributed by atoms with van der Waals surface area (Å²) in [5.41, 5.74) is -1.19. The molecule has 3 saturated heterocycles. The maximum atomic E-state index is 13.2. The Hall–Kier alpha value is -2.32. The van der Waals surface area contributed by atoms with Crippen LogP contribution in [-0.4, -0.2) is 160 Å². The molecule has 0 saturated carbocycles. The summed E-state index contributed by atoms with van der Waals surface area (Å²) < 4.78 is 21.8. The first-order valence-electron chi connectivity index (χ1n) is 18.3. The van der Waals surface area contributed by atoms with E-state index in [0.29, 0.717) is 51.6 Å². The minimum atomic E-state index is -1.48. The van der Waals surface area contributed by atoms with E-state index in [2.05, 4.69) is 10.6 Å². The van der Waals surface area contributed by atoms with Crippen LogP contribution in [0.3, 0.4) is 0 Å². The number of ketones is 1. The van der Waals surface area contributed by atoms with Crippen LogP contribution in [-0.2, 0) is 38.1 Å². The summed E-state index contributed by atoms with van der Waals surface area (Å²) >= 11 is 0. The minimum absolute atomic E-state index is 0.0153. The Kier molecular flexibility index (Phi) is 16.8. The molecule has 0 spiro atoms. The summed E-state index contributed by atoms with van der Waals surface area (Å²) in [6.07, 6.45) is -9.68. The number of hydrogen-bond acceptors (Lipinski definition) is 14. The topological polar surface area (TPSA) is 254 Å². The molecule has 0 aromatic carbocycles. The molecule has 3 aliphatic rings. The van der Waals surface area contributed by atoms with E-state index >= 15 is 0 Å². The highest BCUT2D eigenvalue weighted by molar-refractivity contribution is 5.83. The van der Waals surface area contributed by atoms with Crippen LogP contribution in [0.2, 0.25) is 0 Å². The fraction of sp³-hybridized carbons (Fsp3) is 0.886. The highest BCUT2D eigenvalue weighted by Crippen LogP contribution is 2.39. The zero-order valence-electron chi connectivity index (χ0n) is 31.1. The number of aliphatic hydroxyl groups excluding tert-OH is 6. The van der Waals surface area contributed by atoms with E-state index < -0.39 is 72.2 Å². The third-order valence-corrected chi connectivity index (χ3v) is 10.2. The number of carbonyl (C=O) groups excluding carboxylic acids is 4. The van der Waals surface area contributed by atoms with Gasteiger partial charge in [-0.3, -0.25) is 19.2 Å². The first kappa shape index (κ1) is 44.1. The number of carbonyl (C=O) groups is 4. The second-order valence-corrected chi connectivity index (χ2v) is 15.4. The first-order chi connectivity index (χ1) is 24.3. The second kappa shape index (κ2) is 19.8. The molecular weight excluding hydrogens is 686 g/mol. The molecule has 17 heteroatoms. The molecule has 0 bridgehead atoms. The smallest absolute Gasteiger partial charge is 0.222 e. The SMILES string of the molecule is C[C@@H]1O[C@@H](OCCNC(=O)CC2(CC(=O)NCCO[C@@H]3O[C@@H](C)[C@@H](O)[C@@H](O)[C@@H]3O)CCN(C(=O)CCCCC(=O)C(C)(C)C)CC2)[C@@H](O)[C@H](O)[C@@H]1O. The summed E-state index contributed by atoms with van der Waals surface area (Å²) in [4.78, 5) is 53.3. The lowest BCUT2D eigenvalue weighted by molar-refractivity contribution is -0.292. The van der Waals surface area contributed by atoms with Gasteiger partial charge in [0.25, 0.3) is 0 Å². The van der Waals surface area contributed by atoms with Crippen LogP contribution in [0.1, 0.15) is 86.0 Å². The van der Waals surface area contributed by atoms with Crippen molar-refractivity contribution in [3.8, 4) is 0 Å². The molecule has 0 aliphatic carbocycles. The van der Waals surface area contributed by atoms with Crippen molar-refractivity contribution in [3.05, 3.63) is 0 Å². The van der Waals surface area contributed by atoms with Gasteiger partial charge in [0, 0.05) is 57.3 Å². The van der Waals surface area contributed by atoms with Crippen LogP contribution < -0.4 is 10.6 Å². The maximum absolute atomic E-state index is 13.2. The fourth-order valence-corrected chi connectivity index (χ4v) is 6.58. The van der Waals surface area contributed by atoms with Gasteiger partial charge in [0.05, 0.1) is 25.4 Å². The summed E-state index contributed by atoms with van der Waals surface area (Å²) in [5.74, 6) is -0.595. The molecule has 3 fully saturated rings. The third-order valence-electron chi connectivity index (χ3n) is 10.2. The summed E-state index contributed by atoms with van der Waals surface area (Å²) in [6, 6.07) is 0. The van der Waals surface area contributed by atoms with Crippen LogP contribution in [0, 0.1) is 10.8 Å². The molecule has 0 unspecified atom stereocenters. The number of aliphatic hydroxyl groups is 6. The van der Waals surface area contributed by atoms with Crippen molar-refractivity contribution < 1.29 is 68.8 Å². The monoisotopic (exact) mass is 747 g/mol. The van der Waals surface area contributed by atoms with Crippen molar-refractivity contribution in [3.63, 3.8) is 0 Å². The normalized spacial score (nSPS) is 32.2. The predicted molar refractivity (Wildman–Crippen MR) is 183 cm³/mol. The average Bonchev–Trinajstić information content (AvgIpc) is 3.08. The fourth-order valence-electron chi connectivity index (χ4n) is 6.58. The molecule has 3 heterocycles. The Morgan fingerprint density at radius 2 is 1.12 bits per heavy atom. The third kappa shape index (κ3) is 12.6. The zero-order chi connectivity index (χ0) is 38.8. The Balaban J connectivity index is 1.51. The number of nitrogens with zero attached hydrogens (tertiary/aromatic N) is 1. The van der Waals surface area contributed by atoms with E-state index in [1.165, 1.54) is 13.8 Å². The Morgan fingerprint density at radius 3 is 1.54 bits per heavy atom. The van der Waals surface area contributed by atoms with E-state index in [-0.39, 0.29) is 62.6 Å². The number of hydrogen-bond donors (Lipinski definition) is 8. The molecule has 52 heavy (non-hydrogen) atoms. The van der Waals surface area contributed by atoms with Crippen molar-refractivity contribution >= 4 is 23.5 Å². The quantitative estimate of drug-likeness (QED) is 0.0787. The van der Waals surface area contributed by atoms with Crippen molar-refractivity contribution in [2.45, 2.75) is 147 Å². The van der Waals surface area contributed by atoms with Gasteiger partial charge in [-0.15, -0.1) is 0 Å². The standard InChI is InChI=1S/C35H61N3O14/c1-20-26(43)28(45)30(47)32(51-20)49-16-12-36-23(40)18-35(10-14-38(15-11-35)25(42)9-7-6-8-22(39)34(3,4)5)19-24(41)37-13-17-50-33-31(48)29(46)27(44)21(2)52-33/h20-21,26-33,43-48H,6-19H2,1-5H3,(H,36,40)(H,37,41)/t20-,21-,26+,27+,28+,29+,30-,31-,32+,33+/m0/s1. The van der Waals surface area contributed by atoms with Gasteiger partial charge < -0.3 is 65.1 Å². The van der Waals surface area contributed by atoms with Crippen LogP contribution in [0.5, 0.6) is 0 Å². The van der Waals surface area contributed by atoms with Crippen LogP contribution in [0.4, 0.5) is 0 Å². The van der Waals surface area contributed by atoms with E-state index in [1.54, 1.807) is 4.90 Å². The van der Waals surface area contributed by atoms with Gasteiger partial charge in [-0.05, 0) is 44.9 Å². The van der Waals surface area contributed by atoms with Crippen molar-refractivity contribution in [2.75, 3.05) is 39.4 Å². The summed E-state index contributed by atoms with van der Waals surface area (Å²) in [7, 11) is 0. The molecule has 17 nitrogen and oxygen atoms in total. The molecule has 0 radical (unpaired) electrons. The first-order valence-corrected chi connectivity index (χ1v) is 18.3. The lowest BCUT2D eigenvalue weighted by Crippen LogP contribution is -2.57. The van der Waals surface area contributed by atoms with E-state index in [1.807, 2.05) is 20.8 Å². The summed E-state index contributed by atoms with van der Waals surface area (Å²) in [5, 5.41) is 65.5. The molecular formula is C35H61N3O14. The predicted octanol–water partition coefficient (Wildman–Crippen LogP) is -1.53. The van der Waals surface area contributed by atoms with Crippen molar-refractivity contribution in [2.24, 2.45) is 10.8 Å². The number of Topliss-reactive ketones (excluding diaryl/α,β-unsaturated/α-hetero) is 1. The second-order valence-electron chi connectivity index (χ2n) is 15.4. The average molecular weight is 748 g/mol. The molecule has 3 aliphatic heterocycles. The number of nitrogens with one attached hydrogen (secondary N) is 2. The summed E-state index contributed by atoms with van der Waals surface area (Å²) in [6.45, 7) is 9.33. The molecule has 0 aromatic rings. The molecule has 8 N–H and O–H groups in total. The highest BCUT2D eigenvalue weighted by atomic mass is 16.7. The van der Waals surface area contributed by atoms with Crippen LogP contribution >= 0.6 is 0 Å². The lowest BCUT2D eigenvalue weighted by atomic mass is 9.72. The van der Waals surface area contributed by atoms with E-state index in [4.69, 9.17) is 18.9 Å². The van der Waals surface area contributed by atoms with E-state index in [9.17, 15) is 49.8 Å². The van der Waals surface area contributed by atoms with Gasteiger partial charge >= 0.3 is 0 Å². The van der Waals surface area contributed by atoms with Crippen LogP contribution in [0.15, 0.2) is 0 Å². The lowest BCUT2D eigenvalue weighted by Gasteiger charge is -2.41. The highest BCUT2D eigenvalue weighted by Gasteiger charge is 2.44. The number of rotatable bonds is 17. The largest absolute Gasteiger partial charge is 0.388 e. The number of amides is 3. The minimum Gasteiger partial charge on any atom is -0.388 e. The molecule has 0 aromatic heterocycles. The van der Waals surface area contributed by atoms with Gasteiger partial charge in [-0.1, -0.05) is 20.8 Å². The van der Waals surface area contributed by atoms with Gasteiger partial charge in [-0.25, -0.2) is 0 Å². The molecule has 300 valence electrons. The number of piperidine rings is 1. The van der Waals surface area contributed by atoms with Gasteiger partial charge in [-0.2, -0.15) is 0 Å². The molecule has 3 rings (SSSR count). The van der Waals surface area contributed by atoms with Crippen LogP contribution in [0.25, 0.3) is 0 Å². The van der Waals surface area contributed by atoms with Gasteiger partial charge in [0.2, 0.25) is 17.7 Å². The molecule has 3 amide bonds. The number of ether oxygens (including phenoxy) is 4. The number of likely N-dealkylation sites (tertiary alicyclic amines) is 1. The van der Waals surface area contributed by atoms with Crippen molar-refractivity contribution in [1.29, 1.82) is 0 Å². The molecule has 10 atom stereocenters. The zero-order valence-corrected chi connectivity index (χ0v) is 31.1. The Bertz CT molecular complexity index is 1120. The maximum Gasteiger partial charge on any atom is 0.222 e.